The van der Waals surface area contributed by atoms with Crippen molar-refractivity contribution in [3.05, 3.63) is 102 Å². The van der Waals surface area contributed by atoms with Gasteiger partial charge < -0.3 is 19.1 Å². The predicted molar refractivity (Wildman–Crippen MR) is 155 cm³/mol. The van der Waals surface area contributed by atoms with E-state index in [1.54, 1.807) is 14.2 Å². The van der Waals surface area contributed by atoms with E-state index in [2.05, 4.69) is 86.4 Å². The summed E-state index contributed by atoms with van der Waals surface area (Å²) in [6.45, 7) is 6.50. The molecule has 0 bridgehead atoms. The van der Waals surface area contributed by atoms with Gasteiger partial charge in [-0.3, -0.25) is 0 Å². The molecule has 0 spiro atoms. The van der Waals surface area contributed by atoms with Crippen molar-refractivity contribution in [2.45, 2.75) is 26.4 Å². The van der Waals surface area contributed by atoms with Crippen molar-refractivity contribution >= 4 is 22.5 Å². The lowest BCUT2D eigenvalue weighted by Crippen LogP contribution is -2.34. The Labute approximate surface area is 221 Å². The fourth-order valence-electron chi connectivity index (χ4n) is 4.47. The Morgan fingerprint density at radius 3 is 2.00 bits per heavy atom. The number of methoxy groups -OCH3 is 2. The zero-order chi connectivity index (χ0) is 26.6. The van der Waals surface area contributed by atoms with E-state index >= 15 is 0 Å². The molecule has 0 saturated heterocycles. The van der Waals surface area contributed by atoms with Crippen molar-refractivity contribution in [2.75, 3.05) is 33.2 Å². The van der Waals surface area contributed by atoms with Crippen LogP contribution in [0.1, 0.15) is 37.5 Å². The van der Waals surface area contributed by atoms with E-state index in [4.69, 9.17) is 14.2 Å². The van der Waals surface area contributed by atoms with Crippen molar-refractivity contribution in [2.24, 2.45) is 5.92 Å². The van der Waals surface area contributed by atoms with Gasteiger partial charge in [-0.05, 0) is 36.3 Å². The maximum Gasteiger partial charge on any atom is 0.178 e. The summed E-state index contributed by atoms with van der Waals surface area (Å²) in [7, 11) is 7.43. The SMILES string of the molecule is CC(C)C.COc1cc(OC)c2ccc3c(c2c1)OC(c1ccccc1)(c1ccc(N(C)C)cc1)C=C3. The lowest BCUT2D eigenvalue weighted by Gasteiger charge is -2.37. The van der Waals surface area contributed by atoms with Gasteiger partial charge in [0.1, 0.15) is 17.2 Å². The molecule has 4 aromatic carbocycles. The molecule has 0 fully saturated rings. The minimum Gasteiger partial charge on any atom is -0.497 e. The average molecular weight is 496 g/mol. The third-order valence-corrected chi connectivity index (χ3v) is 6.28. The van der Waals surface area contributed by atoms with E-state index in [0.29, 0.717) is 0 Å². The normalized spacial score (nSPS) is 15.9. The van der Waals surface area contributed by atoms with Gasteiger partial charge in [0.25, 0.3) is 0 Å². The summed E-state index contributed by atoms with van der Waals surface area (Å²) in [6, 6.07) is 27.0. The summed E-state index contributed by atoms with van der Waals surface area (Å²) < 4.78 is 18.2. The van der Waals surface area contributed by atoms with E-state index in [9.17, 15) is 0 Å². The molecule has 1 heterocycles. The van der Waals surface area contributed by atoms with Gasteiger partial charge in [0, 0.05) is 53.3 Å². The molecule has 37 heavy (non-hydrogen) atoms. The quantitative estimate of drug-likeness (QED) is 0.281. The summed E-state index contributed by atoms with van der Waals surface area (Å²) in [5, 5.41) is 1.94. The monoisotopic (exact) mass is 495 g/mol. The summed E-state index contributed by atoms with van der Waals surface area (Å²) >= 11 is 0. The number of anilines is 1. The van der Waals surface area contributed by atoms with E-state index in [1.165, 1.54) is 0 Å². The Balaban J connectivity index is 0.000000747. The zero-order valence-corrected chi connectivity index (χ0v) is 22.9. The Kier molecular flexibility index (Phi) is 7.77. The van der Waals surface area contributed by atoms with Crippen LogP contribution in [-0.4, -0.2) is 28.3 Å². The maximum atomic E-state index is 6.99. The fourth-order valence-corrected chi connectivity index (χ4v) is 4.47. The largest absolute Gasteiger partial charge is 0.497 e. The molecule has 0 aromatic heterocycles. The van der Waals surface area contributed by atoms with Gasteiger partial charge >= 0.3 is 0 Å². The van der Waals surface area contributed by atoms with Crippen molar-refractivity contribution in [1.82, 2.24) is 0 Å². The molecule has 192 valence electrons. The van der Waals surface area contributed by atoms with Gasteiger partial charge in [-0.15, -0.1) is 0 Å². The highest BCUT2D eigenvalue weighted by molar-refractivity contribution is 5.97. The molecular weight excluding hydrogens is 458 g/mol. The maximum absolute atomic E-state index is 6.99. The van der Waals surface area contributed by atoms with Crippen LogP contribution >= 0.6 is 0 Å². The minimum absolute atomic E-state index is 0.728. The van der Waals surface area contributed by atoms with Gasteiger partial charge in [-0.25, -0.2) is 0 Å². The third kappa shape index (κ3) is 5.29. The van der Waals surface area contributed by atoms with Crippen LogP contribution in [0.2, 0.25) is 0 Å². The lowest BCUT2D eigenvalue weighted by atomic mass is 9.83. The molecule has 0 radical (unpaired) electrons. The average Bonchev–Trinajstić information content (AvgIpc) is 2.92. The van der Waals surface area contributed by atoms with Crippen LogP contribution in [-0.2, 0) is 5.60 Å². The zero-order valence-electron chi connectivity index (χ0n) is 22.9. The lowest BCUT2D eigenvalue weighted by molar-refractivity contribution is 0.163. The van der Waals surface area contributed by atoms with Crippen LogP contribution in [0.4, 0.5) is 5.69 Å². The van der Waals surface area contributed by atoms with E-state index < -0.39 is 5.60 Å². The van der Waals surface area contributed by atoms with Crippen LogP contribution in [0.5, 0.6) is 17.2 Å². The number of fused-ring (bicyclic) bond motifs is 3. The second kappa shape index (κ2) is 11.0. The molecule has 4 aromatic rings. The third-order valence-electron chi connectivity index (χ3n) is 6.28. The van der Waals surface area contributed by atoms with E-state index in [0.717, 1.165) is 56.3 Å². The molecule has 4 heteroatoms. The molecule has 0 N–H and O–H groups in total. The molecule has 1 unspecified atom stereocenters. The number of rotatable bonds is 5. The first-order valence-electron chi connectivity index (χ1n) is 12.7. The Bertz CT molecular complexity index is 1370. The minimum atomic E-state index is -0.760. The van der Waals surface area contributed by atoms with Gasteiger partial charge in [0.15, 0.2) is 5.60 Å². The first kappa shape index (κ1) is 26.2. The van der Waals surface area contributed by atoms with Crippen molar-refractivity contribution < 1.29 is 14.2 Å². The number of ether oxygens (including phenoxy) is 3. The summed E-state index contributed by atoms with van der Waals surface area (Å²) in [6.07, 6.45) is 4.30. The molecule has 5 rings (SSSR count). The first-order valence-corrected chi connectivity index (χ1v) is 12.7. The number of nitrogens with zero attached hydrogens (tertiary/aromatic N) is 1. The topological polar surface area (TPSA) is 30.9 Å². The number of hydrogen-bond donors (Lipinski definition) is 0. The van der Waals surface area contributed by atoms with Crippen molar-refractivity contribution in [1.29, 1.82) is 0 Å². The van der Waals surface area contributed by atoms with E-state index in [-0.39, 0.29) is 0 Å². The van der Waals surface area contributed by atoms with E-state index in [1.807, 2.05) is 44.4 Å². The van der Waals surface area contributed by atoms with Crippen LogP contribution < -0.4 is 19.1 Å². The van der Waals surface area contributed by atoms with Crippen LogP contribution in [0.25, 0.3) is 16.8 Å². The summed E-state index contributed by atoms with van der Waals surface area (Å²) in [5.41, 5.74) is 3.53. The Morgan fingerprint density at radius 2 is 1.41 bits per heavy atom. The molecule has 0 aliphatic carbocycles. The highest BCUT2D eigenvalue weighted by Crippen LogP contribution is 2.47. The van der Waals surface area contributed by atoms with Gasteiger partial charge in [0.2, 0.25) is 0 Å². The molecule has 1 aliphatic rings. The summed E-state index contributed by atoms with van der Waals surface area (Å²) in [5.74, 6) is 3.13. The highest BCUT2D eigenvalue weighted by Gasteiger charge is 2.37. The molecule has 1 atom stereocenters. The van der Waals surface area contributed by atoms with Gasteiger partial charge in [-0.1, -0.05) is 75.4 Å². The molecule has 4 nitrogen and oxygen atoms in total. The fraction of sp³-hybridized carbons (Fsp3) is 0.273. The molecule has 0 amide bonds. The Morgan fingerprint density at radius 1 is 0.757 bits per heavy atom. The Hall–Kier alpha value is -3.92. The van der Waals surface area contributed by atoms with Crippen LogP contribution in [0.15, 0.2) is 84.9 Å². The highest BCUT2D eigenvalue weighted by atomic mass is 16.5. The molecular formula is C33H37NO3. The smallest absolute Gasteiger partial charge is 0.178 e. The predicted octanol–water partition coefficient (Wildman–Crippen LogP) is 7.93. The van der Waals surface area contributed by atoms with Crippen molar-refractivity contribution in [3.8, 4) is 17.2 Å². The first-order chi connectivity index (χ1) is 17.8. The number of benzene rings is 4. The molecule has 1 aliphatic heterocycles. The standard InChI is InChI=1S/C29H27NO3.C4H10/c1-30(2)23-13-11-22(12-14-23)29(21-8-6-5-7-9-21)17-16-20-10-15-25-26(28(20)33-29)18-24(31-3)19-27(25)32-4;1-4(2)3/h5-19H,1-4H3;4H,1-3H3. The van der Waals surface area contributed by atoms with Gasteiger partial charge in [-0.2, -0.15) is 0 Å². The van der Waals surface area contributed by atoms with Crippen LogP contribution in [0.3, 0.4) is 0 Å². The second-order valence-corrected chi connectivity index (χ2v) is 10.1. The number of hydrogen-bond acceptors (Lipinski definition) is 4. The second-order valence-electron chi connectivity index (χ2n) is 10.1. The van der Waals surface area contributed by atoms with Crippen molar-refractivity contribution in [3.63, 3.8) is 0 Å². The summed E-state index contributed by atoms with van der Waals surface area (Å²) in [4.78, 5) is 2.10. The van der Waals surface area contributed by atoms with Crippen LogP contribution in [0, 0.1) is 5.92 Å². The van der Waals surface area contributed by atoms with Gasteiger partial charge in [0.05, 0.1) is 14.2 Å². The molecule has 0 saturated carbocycles.